The van der Waals surface area contributed by atoms with Crippen LogP contribution in [0.3, 0.4) is 0 Å². The molecule has 0 spiro atoms. The number of fused-ring (bicyclic) bond motifs is 3. The van der Waals surface area contributed by atoms with Gasteiger partial charge in [-0.05, 0) is 33.2 Å². The quantitative estimate of drug-likeness (QED) is 0.630. The van der Waals surface area contributed by atoms with E-state index in [1.54, 1.807) is 0 Å². The van der Waals surface area contributed by atoms with Crippen molar-refractivity contribution in [3.05, 3.63) is 0 Å². The predicted octanol–water partition coefficient (Wildman–Crippen LogP) is 0.345. The fourth-order valence-corrected chi connectivity index (χ4v) is 3.23. The van der Waals surface area contributed by atoms with Crippen LogP contribution >= 0.6 is 0 Å². The first-order chi connectivity index (χ1) is 7.07. The second kappa shape index (κ2) is 3.17. The third-order valence-electron chi connectivity index (χ3n) is 3.73. The van der Waals surface area contributed by atoms with E-state index in [0.717, 1.165) is 25.9 Å². The Bertz CT molecular complexity index is 269. The number of rotatable bonds is 0. The van der Waals surface area contributed by atoms with Crippen LogP contribution in [0, 0.1) is 0 Å². The summed E-state index contributed by atoms with van der Waals surface area (Å²) in [6.07, 6.45) is 1.95. The fraction of sp³-hybridized carbons (Fsp3) is 1.00. The molecule has 0 bridgehead atoms. The van der Waals surface area contributed by atoms with Gasteiger partial charge in [0.25, 0.3) is 0 Å². The number of aliphatic hydroxyl groups excluding tert-OH is 1. The van der Waals surface area contributed by atoms with Crippen molar-refractivity contribution in [1.29, 1.82) is 0 Å². The molecule has 15 heavy (non-hydrogen) atoms. The zero-order valence-electron chi connectivity index (χ0n) is 9.35. The Labute approximate surface area is 90.2 Å². The van der Waals surface area contributed by atoms with E-state index in [0.29, 0.717) is 0 Å². The third kappa shape index (κ3) is 1.51. The summed E-state index contributed by atoms with van der Waals surface area (Å²) < 4.78 is 11.7. The summed E-state index contributed by atoms with van der Waals surface area (Å²) in [7, 11) is 0. The lowest BCUT2D eigenvalue weighted by molar-refractivity contribution is -0.169. The second-order valence-electron chi connectivity index (χ2n) is 5.33. The Morgan fingerprint density at radius 3 is 2.93 bits per heavy atom. The fourth-order valence-electron chi connectivity index (χ4n) is 3.23. The Hall–Kier alpha value is -0.160. The molecule has 0 radical (unpaired) electrons. The lowest BCUT2D eigenvalue weighted by atomic mass is 9.97. The molecule has 4 heteroatoms. The van der Waals surface area contributed by atoms with E-state index >= 15 is 0 Å². The van der Waals surface area contributed by atoms with E-state index in [4.69, 9.17) is 9.47 Å². The van der Waals surface area contributed by atoms with Crippen molar-refractivity contribution in [1.82, 2.24) is 4.90 Å². The molecule has 0 aromatic heterocycles. The molecule has 0 aromatic carbocycles. The molecule has 3 rings (SSSR count). The third-order valence-corrected chi connectivity index (χ3v) is 3.73. The van der Waals surface area contributed by atoms with Gasteiger partial charge < -0.3 is 14.6 Å². The van der Waals surface area contributed by atoms with Crippen molar-refractivity contribution in [3.63, 3.8) is 0 Å². The van der Waals surface area contributed by atoms with Gasteiger partial charge >= 0.3 is 0 Å². The Kier molecular flexibility index (Phi) is 2.12. The van der Waals surface area contributed by atoms with Crippen molar-refractivity contribution < 1.29 is 14.6 Å². The zero-order valence-corrected chi connectivity index (χ0v) is 9.35. The van der Waals surface area contributed by atoms with Crippen molar-refractivity contribution in [2.45, 2.75) is 56.8 Å². The van der Waals surface area contributed by atoms with Crippen molar-refractivity contribution in [2.75, 3.05) is 13.1 Å². The van der Waals surface area contributed by atoms with Gasteiger partial charge in [-0.3, -0.25) is 4.90 Å². The first-order valence-corrected chi connectivity index (χ1v) is 5.85. The molecule has 0 aliphatic carbocycles. The van der Waals surface area contributed by atoms with Crippen LogP contribution < -0.4 is 0 Å². The van der Waals surface area contributed by atoms with Gasteiger partial charge in [0, 0.05) is 6.54 Å². The van der Waals surface area contributed by atoms with Crippen LogP contribution in [0.5, 0.6) is 0 Å². The van der Waals surface area contributed by atoms with Crippen LogP contribution in [0.1, 0.15) is 26.7 Å². The molecular formula is C11H19NO3. The molecule has 1 N–H and O–H groups in total. The monoisotopic (exact) mass is 213 g/mol. The Morgan fingerprint density at radius 1 is 1.33 bits per heavy atom. The van der Waals surface area contributed by atoms with Crippen LogP contribution in [-0.4, -0.2) is 53.2 Å². The van der Waals surface area contributed by atoms with E-state index in [2.05, 4.69) is 4.90 Å². The number of nitrogens with zero attached hydrogens (tertiary/aromatic N) is 1. The zero-order chi connectivity index (χ0) is 10.6. The van der Waals surface area contributed by atoms with Crippen molar-refractivity contribution >= 4 is 0 Å². The summed E-state index contributed by atoms with van der Waals surface area (Å²) in [5.74, 6) is -0.474. The van der Waals surface area contributed by atoms with Crippen LogP contribution in [0.15, 0.2) is 0 Å². The molecule has 0 aromatic rings. The minimum absolute atomic E-state index is 0.0651. The number of aliphatic hydroxyl groups is 1. The molecule has 3 aliphatic heterocycles. The number of ether oxygens (including phenoxy) is 2. The summed E-state index contributed by atoms with van der Waals surface area (Å²) >= 11 is 0. The standard InChI is InChI=1S/C11H19NO3/c1-11(2)14-8-6-12-5-3-4-7(13)9(12)10(8)15-11/h7-10,13H,3-6H2,1-2H3/t7-,8-,9-,10-/m1/s1. The lowest BCUT2D eigenvalue weighted by Crippen LogP contribution is -2.50. The maximum atomic E-state index is 10.0. The minimum atomic E-state index is -0.474. The summed E-state index contributed by atoms with van der Waals surface area (Å²) in [4.78, 5) is 2.32. The number of hydrogen-bond donors (Lipinski definition) is 1. The van der Waals surface area contributed by atoms with Gasteiger partial charge in [0.1, 0.15) is 12.2 Å². The highest BCUT2D eigenvalue weighted by atomic mass is 16.8. The summed E-state index contributed by atoms with van der Waals surface area (Å²) in [6, 6.07) is 0.158. The number of hydrogen-bond acceptors (Lipinski definition) is 4. The van der Waals surface area contributed by atoms with Gasteiger partial charge in [-0.1, -0.05) is 0 Å². The van der Waals surface area contributed by atoms with Crippen LogP contribution in [0.4, 0.5) is 0 Å². The van der Waals surface area contributed by atoms with Gasteiger partial charge in [0.15, 0.2) is 5.79 Å². The van der Waals surface area contributed by atoms with Gasteiger partial charge in [0.05, 0.1) is 12.1 Å². The predicted molar refractivity (Wildman–Crippen MR) is 54.4 cm³/mol. The molecule has 3 fully saturated rings. The topological polar surface area (TPSA) is 41.9 Å². The van der Waals surface area contributed by atoms with E-state index in [9.17, 15) is 5.11 Å². The molecule has 0 unspecified atom stereocenters. The van der Waals surface area contributed by atoms with Crippen LogP contribution in [-0.2, 0) is 9.47 Å². The molecule has 4 atom stereocenters. The molecule has 4 nitrogen and oxygen atoms in total. The number of piperidine rings is 1. The lowest BCUT2D eigenvalue weighted by Gasteiger charge is -2.36. The normalized spacial score (nSPS) is 49.0. The molecule has 3 heterocycles. The highest BCUT2D eigenvalue weighted by Gasteiger charge is 2.55. The van der Waals surface area contributed by atoms with Gasteiger partial charge in [-0.2, -0.15) is 0 Å². The first-order valence-electron chi connectivity index (χ1n) is 5.85. The average Bonchev–Trinajstić information content (AvgIpc) is 2.56. The van der Waals surface area contributed by atoms with Crippen LogP contribution in [0.2, 0.25) is 0 Å². The molecule has 0 saturated carbocycles. The van der Waals surface area contributed by atoms with Gasteiger partial charge in [-0.25, -0.2) is 0 Å². The molecule has 3 aliphatic rings. The van der Waals surface area contributed by atoms with Crippen molar-refractivity contribution in [2.24, 2.45) is 0 Å². The second-order valence-corrected chi connectivity index (χ2v) is 5.33. The molecule has 86 valence electrons. The molecule has 0 amide bonds. The maximum Gasteiger partial charge on any atom is 0.163 e. The highest BCUT2D eigenvalue weighted by molar-refractivity contribution is 5.04. The summed E-state index contributed by atoms with van der Waals surface area (Å²) in [6.45, 7) is 5.88. The average molecular weight is 213 g/mol. The van der Waals surface area contributed by atoms with Gasteiger partial charge in [0.2, 0.25) is 0 Å². The molecule has 3 saturated heterocycles. The highest BCUT2D eigenvalue weighted by Crippen LogP contribution is 2.39. The van der Waals surface area contributed by atoms with E-state index in [1.165, 1.54) is 0 Å². The Balaban J connectivity index is 1.81. The summed E-state index contributed by atoms with van der Waals surface area (Å²) in [5, 5.41) is 10.0. The van der Waals surface area contributed by atoms with E-state index < -0.39 is 5.79 Å². The van der Waals surface area contributed by atoms with E-state index in [-0.39, 0.29) is 24.4 Å². The van der Waals surface area contributed by atoms with Crippen molar-refractivity contribution in [3.8, 4) is 0 Å². The Morgan fingerprint density at radius 2 is 2.13 bits per heavy atom. The smallest absolute Gasteiger partial charge is 0.163 e. The van der Waals surface area contributed by atoms with Gasteiger partial charge in [-0.15, -0.1) is 0 Å². The maximum absolute atomic E-state index is 10.0. The molecular weight excluding hydrogens is 194 g/mol. The van der Waals surface area contributed by atoms with E-state index in [1.807, 2.05) is 13.8 Å². The SMILES string of the molecule is CC1(C)O[C@H]2[C@H]3[C@H](O)CCCN3C[C@H]2O1. The largest absolute Gasteiger partial charge is 0.391 e. The van der Waals surface area contributed by atoms with Crippen LogP contribution in [0.25, 0.3) is 0 Å². The summed E-state index contributed by atoms with van der Waals surface area (Å²) in [5.41, 5.74) is 0. The first kappa shape index (κ1) is 10.0. The minimum Gasteiger partial charge on any atom is -0.391 e.